The fourth-order valence-electron chi connectivity index (χ4n) is 4.52. The number of aromatic nitrogens is 2. The number of rotatable bonds is 6. The lowest BCUT2D eigenvalue weighted by molar-refractivity contribution is -0.274. The normalized spacial score (nSPS) is 14.4. The third-order valence-corrected chi connectivity index (χ3v) is 6.49. The highest BCUT2D eigenvalue weighted by Crippen LogP contribution is 2.50. The van der Waals surface area contributed by atoms with Crippen molar-refractivity contribution in [1.82, 2.24) is 9.78 Å². The average Bonchev–Trinajstić information content (AvgIpc) is 3.55. The van der Waals surface area contributed by atoms with Gasteiger partial charge in [-0.15, -0.1) is 13.2 Å². The maximum Gasteiger partial charge on any atom is 0.573 e. The lowest BCUT2D eigenvalue weighted by atomic mass is 9.93. The summed E-state index contributed by atoms with van der Waals surface area (Å²) in [5, 5.41) is 17.1. The zero-order chi connectivity index (χ0) is 27.4. The van der Waals surface area contributed by atoms with E-state index in [-0.39, 0.29) is 35.2 Å². The number of carbonyl (C=O) groups excluding carboxylic acids is 1. The Labute approximate surface area is 211 Å². The fourth-order valence-corrected chi connectivity index (χ4v) is 4.52. The molecule has 0 bridgehead atoms. The quantitative estimate of drug-likeness (QED) is 0.308. The number of carboxylic acids is 1. The number of amides is 1. The number of nitrogens with zero attached hydrogens (tertiary/aromatic N) is 2. The zero-order valence-corrected chi connectivity index (χ0v) is 19.6. The van der Waals surface area contributed by atoms with E-state index in [9.17, 15) is 32.3 Å². The molecule has 196 valence electrons. The van der Waals surface area contributed by atoms with Crippen LogP contribution in [0.4, 0.5) is 27.6 Å². The number of hydrogen-bond acceptors (Lipinski definition) is 4. The van der Waals surface area contributed by atoms with Gasteiger partial charge in [-0.3, -0.25) is 9.48 Å². The minimum atomic E-state index is -5.01. The van der Waals surface area contributed by atoms with E-state index in [0.717, 1.165) is 29.7 Å². The van der Waals surface area contributed by atoms with Crippen molar-refractivity contribution in [3.8, 4) is 16.9 Å². The maximum atomic E-state index is 15.3. The van der Waals surface area contributed by atoms with Crippen LogP contribution < -0.4 is 10.1 Å². The molecule has 7 nitrogen and oxygen atoms in total. The molecule has 1 aliphatic carbocycles. The number of benzene rings is 3. The molecule has 38 heavy (non-hydrogen) atoms. The summed E-state index contributed by atoms with van der Waals surface area (Å²) in [6.07, 6.45) is -3.03. The van der Waals surface area contributed by atoms with Gasteiger partial charge in [0.1, 0.15) is 17.4 Å². The summed E-state index contributed by atoms with van der Waals surface area (Å²) in [4.78, 5) is 25.1. The van der Waals surface area contributed by atoms with Crippen molar-refractivity contribution in [3.05, 3.63) is 77.5 Å². The van der Waals surface area contributed by atoms with Gasteiger partial charge in [-0.1, -0.05) is 18.2 Å². The van der Waals surface area contributed by atoms with Crippen LogP contribution in [0.25, 0.3) is 22.0 Å². The largest absolute Gasteiger partial charge is 0.573 e. The van der Waals surface area contributed by atoms with Crippen LogP contribution in [0.15, 0.2) is 54.7 Å². The molecule has 0 unspecified atom stereocenters. The molecule has 0 saturated heterocycles. The maximum absolute atomic E-state index is 15.3. The number of anilines is 1. The molecule has 0 radical (unpaired) electrons. The molecule has 0 spiro atoms. The van der Waals surface area contributed by atoms with E-state index in [1.807, 2.05) is 0 Å². The first kappa shape index (κ1) is 25.2. The molecule has 0 aliphatic heterocycles. The van der Waals surface area contributed by atoms with Gasteiger partial charge in [-0.2, -0.15) is 5.10 Å². The predicted molar refractivity (Wildman–Crippen MR) is 126 cm³/mol. The zero-order valence-electron chi connectivity index (χ0n) is 19.6. The molecule has 3 aromatic carbocycles. The van der Waals surface area contributed by atoms with Crippen LogP contribution in [0.3, 0.4) is 0 Å². The number of ether oxygens (including phenoxy) is 1. The Bertz CT molecular complexity index is 1610. The molecule has 1 fully saturated rings. The topological polar surface area (TPSA) is 93.5 Å². The van der Waals surface area contributed by atoms with E-state index < -0.39 is 46.6 Å². The van der Waals surface area contributed by atoms with E-state index >= 15 is 4.39 Å². The third-order valence-electron chi connectivity index (χ3n) is 6.49. The Balaban J connectivity index is 1.45. The second-order valence-electron chi connectivity index (χ2n) is 8.95. The van der Waals surface area contributed by atoms with Gasteiger partial charge >= 0.3 is 12.3 Å². The smallest absolute Gasteiger partial charge is 0.478 e. The first-order chi connectivity index (χ1) is 17.9. The van der Waals surface area contributed by atoms with Gasteiger partial charge < -0.3 is 15.2 Å². The van der Waals surface area contributed by atoms with Crippen LogP contribution in [0.2, 0.25) is 0 Å². The first-order valence-electron chi connectivity index (χ1n) is 11.2. The predicted octanol–water partition coefficient (Wildman–Crippen LogP) is 5.79. The number of aryl methyl sites for hydroxylation is 1. The molecule has 0 atom stereocenters. The molecular weight excluding hydrogens is 513 g/mol. The minimum absolute atomic E-state index is 0.149. The van der Waals surface area contributed by atoms with Gasteiger partial charge in [0.2, 0.25) is 5.91 Å². The number of hydrogen-bond donors (Lipinski definition) is 2. The Hall–Kier alpha value is -4.48. The minimum Gasteiger partial charge on any atom is -0.478 e. The lowest BCUT2D eigenvalue weighted by Crippen LogP contribution is -2.29. The SMILES string of the molecule is Cn1ncc2ccc(-c3c(F)cc(NC(=O)C4(c5ccc(OC(F)(F)F)cc5F)CC4)cc3C(=O)O)cc21. The standard InChI is InChI=1S/C26H18F5N3O4/c1-34-21-8-13(2-3-14(21)12-32-34)22-17(23(35)36)9-15(10-20(22)28)33-24(37)25(6-7-25)18-5-4-16(11-19(18)27)38-26(29,30)31/h2-5,8-12H,6-7H2,1H3,(H,33,37)(H,35,36). The summed E-state index contributed by atoms with van der Waals surface area (Å²) in [6, 6.07) is 9.35. The molecule has 1 amide bonds. The van der Waals surface area contributed by atoms with E-state index in [1.54, 1.807) is 36.1 Å². The summed E-state index contributed by atoms with van der Waals surface area (Å²) in [5.74, 6) is -4.94. The Morgan fingerprint density at radius 2 is 1.79 bits per heavy atom. The second kappa shape index (κ2) is 8.82. The highest BCUT2D eigenvalue weighted by Gasteiger charge is 2.53. The number of carbonyl (C=O) groups is 2. The van der Waals surface area contributed by atoms with Gasteiger partial charge in [0.25, 0.3) is 0 Å². The highest BCUT2D eigenvalue weighted by atomic mass is 19.4. The molecule has 5 rings (SSSR count). The van der Waals surface area contributed by atoms with Crippen LogP contribution >= 0.6 is 0 Å². The molecule has 4 aromatic rings. The summed E-state index contributed by atoms with van der Waals surface area (Å²) >= 11 is 0. The Morgan fingerprint density at radius 3 is 2.42 bits per heavy atom. The average molecular weight is 531 g/mol. The highest BCUT2D eigenvalue weighted by molar-refractivity contribution is 6.04. The number of alkyl halides is 3. The van der Waals surface area contributed by atoms with Crippen LogP contribution in [0.1, 0.15) is 28.8 Å². The van der Waals surface area contributed by atoms with E-state index in [2.05, 4.69) is 15.2 Å². The van der Waals surface area contributed by atoms with Crippen molar-refractivity contribution in [2.75, 3.05) is 5.32 Å². The van der Waals surface area contributed by atoms with Crippen molar-refractivity contribution in [3.63, 3.8) is 0 Å². The summed E-state index contributed by atoms with van der Waals surface area (Å²) in [5.41, 5.74) is -1.37. The van der Waals surface area contributed by atoms with Crippen LogP contribution in [-0.2, 0) is 17.3 Å². The van der Waals surface area contributed by atoms with Crippen molar-refractivity contribution < 1.29 is 41.4 Å². The lowest BCUT2D eigenvalue weighted by Gasteiger charge is -2.18. The molecule has 12 heteroatoms. The summed E-state index contributed by atoms with van der Waals surface area (Å²) in [6.45, 7) is 0. The Kier molecular flexibility index (Phi) is 5.85. The van der Waals surface area contributed by atoms with Gasteiger partial charge in [0, 0.05) is 35.3 Å². The van der Waals surface area contributed by atoms with E-state index in [0.29, 0.717) is 11.6 Å². The van der Waals surface area contributed by atoms with E-state index in [1.165, 1.54) is 0 Å². The monoisotopic (exact) mass is 531 g/mol. The van der Waals surface area contributed by atoms with Crippen molar-refractivity contribution >= 4 is 28.5 Å². The second-order valence-corrected chi connectivity index (χ2v) is 8.95. The molecular formula is C26H18F5N3O4. The van der Waals surface area contributed by atoms with Gasteiger partial charge in [0.15, 0.2) is 0 Å². The number of fused-ring (bicyclic) bond motifs is 1. The van der Waals surface area contributed by atoms with Gasteiger partial charge in [-0.05, 0) is 42.7 Å². The number of halogens is 5. The van der Waals surface area contributed by atoms with Gasteiger partial charge in [0.05, 0.1) is 22.7 Å². The van der Waals surface area contributed by atoms with Crippen molar-refractivity contribution in [2.24, 2.45) is 7.05 Å². The molecule has 1 aliphatic rings. The van der Waals surface area contributed by atoms with Gasteiger partial charge in [-0.25, -0.2) is 13.6 Å². The van der Waals surface area contributed by atoms with Crippen LogP contribution in [0.5, 0.6) is 5.75 Å². The fraction of sp³-hybridized carbons (Fsp3) is 0.192. The number of nitrogens with one attached hydrogen (secondary N) is 1. The summed E-state index contributed by atoms with van der Waals surface area (Å²) < 4.78 is 72.6. The Morgan fingerprint density at radius 1 is 1.05 bits per heavy atom. The van der Waals surface area contributed by atoms with Crippen LogP contribution in [-0.4, -0.2) is 33.1 Å². The van der Waals surface area contributed by atoms with E-state index in [4.69, 9.17) is 0 Å². The molecule has 1 aromatic heterocycles. The molecule has 1 saturated carbocycles. The number of carboxylic acid groups (broad SMARTS) is 1. The van der Waals surface area contributed by atoms with Crippen molar-refractivity contribution in [1.29, 1.82) is 0 Å². The van der Waals surface area contributed by atoms with Crippen molar-refractivity contribution in [2.45, 2.75) is 24.6 Å². The molecule has 1 heterocycles. The van der Waals surface area contributed by atoms with Crippen LogP contribution in [0, 0.1) is 11.6 Å². The third kappa shape index (κ3) is 4.53. The summed E-state index contributed by atoms with van der Waals surface area (Å²) in [7, 11) is 1.69. The number of aromatic carboxylic acids is 1. The first-order valence-corrected chi connectivity index (χ1v) is 11.2. The molecule has 2 N–H and O–H groups in total.